The lowest BCUT2D eigenvalue weighted by molar-refractivity contribution is 0.556. The number of rotatable bonds is 5. The summed E-state index contributed by atoms with van der Waals surface area (Å²) in [6.45, 7) is 2.35. The second-order valence-corrected chi connectivity index (χ2v) is 5.47. The van der Waals surface area contributed by atoms with Gasteiger partial charge in [-0.3, -0.25) is 0 Å². The first-order valence-corrected chi connectivity index (χ1v) is 5.84. The lowest BCUT2D eigenvalue weighted by atomic mass is 10.4. The van der Waals surface area contributed by atoms with Crippen LogP contribution in [-0.2, 0) is 10.0 Å². The second kappa shape index (κ2) is 3.32. The first kappa shape index (κ1) is 9.95. The van der Waals surface area contributed by atoms with Crippen molar-refractivity contribution >= 4 is 10.0 Å². The zero-order chi connectivity index (χ0) is 9.24. The predicted molar refractivity (Wildman–Crippen MR) is 48.2 cm³/mol. The molecule has 0 saturated heterocycles. The van der Waals surface area contributed by atoms with Crippen LogP contribution in [0.5, 0.6) is 0 Å². The van der Waals surface area contributed by atoms with E-state index >= 15 is 0 Å². The Kier molecular flexibility index (Phi) is 2.75. The van der Waals surface area contributed by atoms with Gasteiger partial charge in [-0.2, -0.15) is 0 Å². The molecule has 3 N–H and O–H groups in total. The van der Waals surface area contributed by atoms with Gasteiger partial charge >= 0.3 is 0 Å². The summed E-state index contributed by atoms with van der Waals surface area (Å²) in [5.74, 6) is 0.152. The van der Waals surface area contributed by atoms with Gasteiger partial charge in [-0.15, -0.1) is 0 Å². The molecular weight excluding hydrogens is 176 g/mol. The largest absolute Gasteiger partial charge is 0.330 e. The minimum atomic E-state index is -3.07. The molecule has 1 aliphatic carbocycles. The van der Waals surface area contributed by atoms with E-state index in [4.69, 9.17) is 5.73 Å². The summed E-state index contributed by atoms with van der Waals surface area (Å²) < 4.78 is 25.2. The van der Waals surface area contributed by atoms with Gasteiger partial charge in [0.15, 0.2) is 0 Å². The molecule has 0 aliphatic heterocycles. The molecule has 0 radical (unpaired) electrons. The van der Waals surface area contributed by atoms with Gasteiger partial charge in [0.1, 0.15) is 0 Å². The third-order valence-corrected chi connectivity index (χ3v) is 3.65. The number of hydrogen-bond acceptors (Lipinski definition) is 3. The van der Waals surface area contributed by atoms with Crippen molar-refractivity contribution in [3.8, 4) is 0 Å². The molecule has 1 aliphatic rings. The van der Waals surface area contributed by atoms with Crippen molar-refractivity contribution in [3.63, 3.8) is 0 Å². The van der Waals surface area contributed by atoms with Crippen molar-refractivity contribution in [2.45, 2.75) is 31.7 Å². The Morgan fingerprint density at radius 2 is 2.08 bits per heavy atom. The Morgan fingerprint density at radius 3 is 2.50 bits per heavy atom. The molecule has 4 nitrogen and oxygen atoms in total. The fourth-order valence-electron chi connectivity index (χ4n) is 0.989. The van der Waals surface area contributed by atoms with E-state index in [0.29, 0.717) is 13.0 Å². The SMILES string of the molecule is CC1(NS(=O)(=O)CCCN)CC1. The minimum absolute atomic E-state index is 0.145. The van der Waals surface area contributed by atoms with Gasteiger partial charge in [-0.25, -0.2) is 13.1 Å². The summed E-state index contributed by atoms with van der Waals surface area (Å²) in [6, 6.07) is 0. The quantitative estimate of drug-likeness (QED) is 0.634. The van der Waals surface area contributed by atoms with Gasteiger partial charge in [-0.1, -0.05) is 0 Å². The Hall–Kier alpha value is -0.130. The van der Waals surface area contributed by atoms with E-state index in [0.717, 1.165) is 12.8 Å². The molecule has 0 aromatic rings. The molecular formula is C7H16N2O2S. The molecule has 0 spiro atoms. The molecule has 1 fully saturated rings. The molecule has 1 saturated carbocycles. The fraction of sp³-hybridized carbons (Fsp3) is 1.00. The van der Waals surface area contributed by atoms with E-state index in [9.17, 15) is 8.42 Å². The number of sulfonamides is 1. The van der Waals surface area contributed by atoms with Crippen molar-refractivity contribution < 1.29 is 8.42 Å². The van der Waals surface area contributed by atoms with Crippen LogP contribution < -0.4 is 10.5 Å². The van der Waals surface area contributed by atoms with Crippen molar-refractivity contribution in [3.05, 3.63) is 0 Å². The smallest absolute Gasteiger partial charge is 0.212 e. The zero-order valence-electron chi connectivity index (χ0n) is 7.34. The first-order chi connectivity index (χ1) is 5.47. The molecule has 72 valence electrons. The maximum atomic E-state index is 11.3. The van der Waals surface area contributed by atoms with Crippen LogP contribution in [0.25, 0.3) is 0 Å². The zero-order valence-corrected chi connectivity index (χ0v) is 8.15. The standard InChI is InChI=1S/C7H16N2O2S/c1-7(3-4-7)9-12(10,11)6-2-5-8/h9H,2-6,8H2,1H3. The summed E-state index contributed by atoms with van der Waals surface area (Å²) in [6.07, 6.45) is 2.44. The lowest BCUT2D eigenvalue weighted by Gasteiger charge is -2.11. The van der Waals surface area contributed by atoms with Gasteiger partial charge < -0.3 is 5.73 Å². The predicted octanol–water partition coefficient (Wildman–Crippen LogP) is -0.193. The topological polar surface area (TPSA) is 72.2 Å². The van der Waals surface area contributed by atoms with Crippen molar-refractivity contribution in [2.24, 2.45) is 5.73 Å². The average Bonchev–Trinajstić information content (AvgIpc) is 2.62. The molecule has 0 aromatic carbocycles. The average molecular weight is 192 g/mol. The Morgan fingerprint density at radius 1 is 1.50 bits per heavy atom. The summed E-state index contributed by atoms with van der Waals surface area (Å²) in [4.78, 5) is 0. The highest BCUT2D eigenvalue weighted by Gasteiger charge is 2.40. The number of hydrogen-bond donors (Lipinski definition) is 2. The van der Waals surface area contributed by atoms with Crippen LogP contribution in [0.2, 0.25) is 0 Å². The molecule has 0 aromatic heterocycles. The summed E-state index contributed by atoms with van der Waals surface area (Å²) in [5, 5.41) is 0. The lowest BCUT2D eigenvalue weighted by Crippen LogP contribution is -2.36. The molecule has 0 bridgehead atoms. The van der Waals surface area contributed by atoms with E-state index < -0.39 is 10.0 Å². The molecule has 12 heavy (non-hydrogen) atoms. The van der Waals surface area contributed by atoms with Crippen LogP contribution in [0.1, 0.15) is 26.2 Å². The maximum absolute atomic E-state index is 11.3. The highest BCUT2D eigenvalue weighted by Crippen LogP contribution is 2.34. The third-order valence-electron chi connectivity index (χ3n) is 2.02. The highest BCUT2D eigenvalue weighted by atomic mass is 32.2. The van der Waals surface area contributed by atoms with Crippen molar-refractivity contribution in [1.29, 1.82) is 0 Å². The minimum Gasteiger partial charge on any atom is -0.330 e. The fourth-order valence-corrected chi connectivity index (χ4v) is 2.59. The van der Waals surface area contributed by atoms with Crippen molar-refractivity contribution in [2.75, 3.05) is 12.3 Å². The van der Waals surface area contributed by atoms with E-state index in [-0.39, 0.29) is 11.3 Å². The Balaban J connectivity index is 2.38. The Bertz CT molecular complexity index is 244. The van der Waals surface area contributed by atoms with Crippen LogP contribution in [0.4, 0.5) is 0 Å². The van der Waals surface area contributed by atoms with Gasteiger partial charge in [0.25, 0.3) is 0 Å². The van der Waals surface area contributed by atoms with E-state index in [2.05, 4.69) is 4.72 Å². The molecule has 1 rings (SSSR count). The van der Waals surface area contributed by atoms with Crippen LogP contribution in [0.15, 0.2) is 0 Å². The molecule has 5 heteroatoms. The van der Waals surface area contributed by atoms with E-state index in [1.165, 1.54) is 0 Å². The van der Waals surface area contributed by atoms with Gasteiger partial charge in [0.05, 0.1) is 5.75 Å². The first-order valence-electron chi connectivity index (χ1n) is 4.19. The van der Waals surface area contributed by atoms with Crippen LogP contribution in [-0.4, -0.2) is 26.3 Å². The van der Waals surface area contributed by atoms with Gasteiger partial charge in [-0.05, 0) is 32.7 Å². The van der Waals surface area contributed by atoms with Gasteiger partial charge in [0.2, 0.25) is 10.0 Å². The molecule has 0 heterocycles. The maximum Gasteiger partial charge on any atom is 0.212 e. The molecule has 0 unspecified atom stereocenters. The van der Waals surface area contributed by atoms with Crippen LogP contribution >= 0.6 is 0 Å². The monoisotopic (exact) mass is 192 g/mol. The summed E-state index contributed by atoms with van der Waals surface area (Å²) >= 11 is 0. The normalized spacial score (nSPS) is 20.8. The van der Waals surface area contributed by atoms with Crippen molar-refractivity contribution in [1.82, 2.24) is 4.72 Å². The molecule has 0 amide bonds. The summed E-state index contributed by atoms with van der Waals surface area (Å²) in [7, 11) is -3.07. The Labute approximate surface area is 73.6 Å². The van der Waals surface area contributed by atoms with E-state index in [1.807, 2.05) is 6.92 Å². The third kappa shape index (κ3) is 3.08. The number of nitrogens with two attached hydrogens (primary N) is 1. The van der Waals surface area contributed by atoms with Crippen LogP contribution in [0, 0.1) is 0 Å². The summed E-state index contributed by atoms with van der Waals surface area (Å²) in [5.41, 5.74) is 5.08. The van der Waals surface area contributed by atoms with Crippen LogP contribution in [0.3, 0.4) is 0 Å². The second-order valence-electron chi connectivity index (χ2n) is 3.62. The number of nitrogens with one attached hydrogen (secondary N) is 1. The molecule has 0 atom stereocenters. The highest BCUT2D eigenvalue weighted by molar-refractivity contribution is 7.89. The van der Waals surface area contributed by atoms with Gasteiger partial charge in [0, 0.05) is 5.54 Å². The van der Waals surface area contributed by atoms with E-state index in [1.54, 1.807) is 0 Å².